The van der Waals surface area contributed by atoms with Gasteiger partial charge < -0.3 is 0 Å². The summed E-state index contributed by atoms with van der Waals surface area (Å²) in [5.41, 5.74) is 0. The van der Waals surface area contributed by atoms with Crippen molar-refractivity contribution in [3.05, 3.63) is 0 Å². The maximum Gasteiger partial charge on any atom is 0.00886 e. The molecule has 0 aromatic carbocycles. The van der Waals surface area contributed by atoms with E-state index in [9.17, 15) is 0 Å². The largest absolute Gasteiger partial charge is 0.103 e. The topological polar surface area (TPSA) is 0 Å². The Kier molecular flexibility index (Phi) is 21.5. The summed E-state index contributed by atoms with van der Waals surface area (Å²) in [6.07, 6.45) is 26.1. The molecule has 0 fully saturated rings. The van der Waals surface area contributed by atoms with Crippen LogP contribution in [0, 0.1) is 23.7 Å². The highest BCUT2D eigenvalue weighted by atomic mass is 14.2. The van der Waals surface area contributed by atoms with Gasteiger partial charge in [-0.3, -0.25) is 0 Å². The normalized spacial score (nSPS) is 12.2. The molecular weight excluding hydrogens is 324 g/mol. The van der Waals surface area contributed by atoms with E-state index in [2.05, 4.69) is 39.5 Å². The van der Waals surface area contributed by atoms with E-state index in [1.807, 2.05) is 0 Å². The average Bonchev–Trinajstić information content (AvgIpc) is 2.65. The molecule has 0 amide bonds. The lowest BCUT2D eigenvalue weighted by Crippen LogP contribution is -2.05. The van der Waals surface area contributed by atoms with Crippen LogP contribution in [0.3, 0.4) is 0 Å². The molecule has 0 spiro atoms. The fraction of sp³-hybridized carbons (Fsp3) is 0.926. The Balaban J connectivity index is 3.41. The van der Waals surface area contributed by atoms with Crippen LogP contribution in [0.15, 0.2) is 0 Å². The summed E-state index contributed by atoms with van der Waals surface area (Å²) in [6.45, 7) is 9.37. The van der Waals surface area contributed by atoms with Crippen LogP contribution in [-0.2, 0) is 0 Å². The average molecular weight is 377 g/mol. The van der Waals surface area contributed by atoms with Crippen LogP contribution in [0.2, 0.25) is 0 Å². The molecule has 0 aliphatic heterocycles. The van der Waals surface area contributed by atoms with Crippen molar-refractivity contribution in [1.29, 1.82) is 0 Å². The summed E-state index contributed by atoms with van der Waals surface area (Å²) in [5, 5.41) is 0. The van der Waals surface area contributed by atoms with E-state index in [-0.39, 0.29) is 0 Å². The number of unbranched alkanes of at least 4 members (excludes halogenated alkanes) is 13. The van der Waals surface area contributed by atoms with Crippen molar-refractivity contribution in [1.82, 2.24) is 0 Å². The highest BCUT2D eigenvalue weighted by Gasteiger charge is 2.10. The Morgan fingerprint density at radius 1 is 0.519 bits per heavy atom. The van der Waals surface area contributed by atoms with Crippen molar-refractivity contribution in [3.8, 4) is 11.8 Å². The van der Waals surface area contributed by atoms with Gasteiger partial charge in [0.15, 0.2) is 0 Å². The van der Waals surface area contributed by atoms with Crippen molar-refractivity contribution in [2.24, 2.45) is 11.8 Å². The Bertz CT molecular complexity index is 330. The van der Waals surface area contributed by atoms with E-state index in [1.54, 1.807) is 0 Å². The fourth-order valence-electron chi connectivity index (χ4n) is 4.06. The van der Waals surface area contributed by atoms with Gasteiger partial charge in [0.1, 0.15) is 0 Å². The molecule has 160 valence electrons. The van der Waals surface area contributed by atoms with Gasteiger partial charge in [0.05, 0.1) is 0 Å². The van der Waals surface area contributed by atoms with E-state index in [0.717, 1.165) is 24.7 Å². The van der Waals surface area contributed by atoms with Gasteiger partial charge in [0.2, 0.25) is 0 Å². The minimum atomic E-state index is 0.864. The molecule has 0 N–H and O–H groups in total. The summed E-state index contributed by atoms with van der Waals surface area (Å²) in [4.78, 5) is 0. The SMILES string of the molecule is CCCCCCCCCCC#CCCCCCCC(CCCC)CC(C)C. The second-order valence-electron chi connectivity index (χ2n) is 9.17. The second-order valence-corrected chi connectivity index (χ2v) is 9.17. The Labute approximate surface area is 173 Å². The molecule has 1 atom stereocenters. The molecule has 0 nitrogen and oxygen atoms in total. The summed E-state index contributed by atoms with van der Waals surface area (Å²) < 4.78 is 0. The first-order valence-electron chi connectivity index (χ1n) is 12.7. The van der Waals surface area contributed by atoms with Crippen LogP contribution in [0.25, 0.3) is 0 Å². The highest BCUT2D eigenvalue weighted by molar-refractivity contribution is 4.98. The molecular formula is C27H52. The second kappa shape index (κ2) is 21.9. The standard InChI is InChI=1S/C27H52/c1-5-7-9-10-11-12-13-14-15-16-17-18-19-20-21-22-24-27(23-8-6-2)25-26(3)4/h26-27H,5-15,18-25H2,1-4H3. The molecule has 0 aliphatic carbocycles. The fourth-order valence-corrected chi connectivity index (χ4v) is 4.06. The zero-order valence-electron chi connectivity index (χ0n) is 19.6. The molecule has 0 rings (SSSR count). The van der Waals surface area contributed by atoms with Crippen molar-refractivity contribution < 1.29 is 0 Å². The van der Waals surface area contributed by atoms with Crippen molar-refractivity contribution in [2.45, 2.75) is 150 Å². The highest BCUT2D eigenvalue weighted by Crippen LogP contribution is 2.24. The quantitative estimate of drug-likeness (QED) is 0.155. The van der Waals surface area contributed by atoms with Gasteiger partial charge >= 0.3 is 0 Å². The lowest BCUT2D eigenvalue weighted by atomic mass is 9.88. The Morgan fingerprint density at radius 2 is 0.963 bits per heavy atom. The monoisotopic (exact) mass is 376 g/mol. The van der Waals surface area contributed by atoms with E-state index in [4.69, 9.17) is 0 Å². The van der Waals surface area contributed by atoms with Gasteiger partial charge in [-0.1, -0.05) is 118 Å². The molecule has 0 bridgehead atoms. The predicted molar refractivity (Wildman–Crippen MR) is 125 cm³/mol. The van der Waals surface area contributed by atoms with Gasteiger partial charge in [-0.25, -0.2) is 0 Å². The van der Waals surface area contributed by atoms with Crippen molar-refractivity contribution >= 4 is 0 Å². The molecule has 0 aromatic heterocycles. The van der Waals surface area contributed by atoms with Crippen molar-refractivity contribution in [3.63, 3.8) is 0 Å². The zero-order chi connectivity index (χ0) is 20.0. The maximum atomic E-state index is 3.41. The lowest BCUT2D eigenvalue weighted by Gasteiger charge is -2.18. The molecule has 0 aromatic rings. The van der Waals surface area contributed by atoms with Crippen LogP contribution < -0.4 is 0 Å². The number of hydrogen-bond acceptors (Lipinski definition) is 0. The van der Waals surface area contributed by atoms with Gasteiger partial charge in [0.25, 0.3) is 0 Å². The minimum absolute atomic E-state index is 0.864. The molecule has 0 radical (unpaired) electrons. The van der Waals surface area contributed by atoms with Gasteiger partial charge in [-0.05, 0) is 31.1 Å². The van der Waals surface area contributed by atoms with E-state index >= 15 is 0 Å². The Hall–Kier alpha value is -0.440. The lowest BCUT2D eigenvalue weighted by molar-refractivity contribution is 0.343. The number of rotatable bonds is 19. The zero-order valence-corrected chi connectivity index (χ0v) is 19.6. The van der Waals surface area contributed by atoms with E-state index < -0.39 is 0 Å². The van der Waals surface area contributed by atoms with Crippen LogP contribution >= 0.6 is 0 Å². The third-order valence-corrected chi connectivity index (χ3v) is 5.72. The molecule has 0 saturated heterocycles. The predicted octanol–water partition coefficient (Wildman–Crippen LogP) is 9.71. The van der Waals surface area contributed by atoms with Crippen LogP contribution in [0.5, 0.6) is 0 Å². The van der Waals surface area contributed by atoms with Crippen LogP contribution in [0.1, 0.15) is 150 Å². The van der Waals surface area contributed by atoms with Crippen molar-refractivity contribution in [2.75, 3.05) is 0 Å². The van der Waals surface area contributed by atoms with Gasteiger partial charge in [-0.15, -0.1) is 11.8 Å². The third kappa shape index (κ3) is 21.7. The van der Waals surface area contributed by atoms with E-state index in [1.165, 1.54) is 109 Å². The molecule has 0 heterocycles. The summed E-state index contributed by atoms with van der Waals surface area (Å²) in [5.74, 6) is 8.66. The molecule has 1 unspecified atom stereocenters. The minimum Gasteiger partial charge on any atom is -0.103 e. The number of hydrogen-bond donors (Lipinski definition) is 0. The molecule has 27 heavy (non-hydrogen) atoms. The molecule has 0 aliphatic rings. The van der Waals surface area contributed by atoms with Gasteiger partial charge in [0, 0.05) is 12.8 Å². The van der Waals surface area contributed by atoms with E-state index in [0.29, 0.717) is 0 Å². The first-order valence-corrected chi connectivity index (χ1v) is 12.7. The van der Waals surface area contributed by atoms with Gasteiger partial charge in [-0.2, -0.15) is 0 Å². The molecule has 0 heteroatoms. The van der Waals surface area contributed by atoms with Crippen LogP contribution in [0.4, 0.5) is 0 Å². The summed E-state index contributed by atoms with van der Waals surface area (Å²) >= 11 is 0. The summed E-state index contributed by atoms with van der Waals surface area (Å²) in [7, 11) is 0. The van der Waals surface area contributed by atoms with Crippen LogP contribution in [-0.4, -0.2) is 0 Å². The Morgan fingerprint density at radius 3 is 1.48 bits per heavy atom. The first kappa shape index (κ1) is 26.6. The smallest absolute Gasteiger partial charge is 0.00886 e. The summed E-state index contributed by atoms with van der Waals surface area (Å²) in [6, 6.07) is 0. The molecule has 0 saturated carbocycles. The first-order chi connectivity index (χ1) is 13.2. The maximum absolute atomic E-state index is 3.41. The third-order valence-electron chi connectivity index (χ3n) is 5.72.